The lowest BCUT2D eigenvalue weighted by Crippen LogP contribution is -2.38. The molecule has 0 saturated heterocycles. The Morgan fingerprint density at radius 3 is 2.61 bits per heavy atom. The standard InChI is InChI=1S/C11H17FN2O3S/c1-8(7-17-3)14(2)18(15,16)11-5-4-9(13)6-10(11)12/h4-6,8H,7,13H2,1-3H3. The lowest BCUT2D eigenvalue weighted by Gasteiger charge is -2.23. The highest BCUT2D eigenvalue weighted by Crippen LogP contribution is 2.21. The molecule has 0 bridgehead atoms. The number of nitrogens with two attached hydrogens (primary N) is 1. The Kier molecular flexibility index (Phi) is 4.66. The van der Waals surface area contributed by atoms with Gasteiger partial charge >= 0.3 is 0 Å². The van der Waals surface area contributed by atoms with Crippen molar-refractivity contribution in [1.29, 1.82) is 0 Å². The fourth-order valence-electron chi connectivity index (χ4n) is 1.46. The first-order chi connectivity index (χ1) is 8.30. The third-order valence-corrected chi connectivity index (χ3v) is 4.65. The summed E-state index contributed by atoms with van der Waals surface area (Å²) in [5.74, 6) is -0.855. The van der Waals surface area contributed by atoms with E-state index in [-0.39, 0.29) is 17.2 Å². The molecule has 1 aromatic carbocycles. The van der Waals surface area contributed by atoms with Crippen molar-refractivity contribution in [3.63, 3.8) is 0 Å². The maximum Gasteiger partial charge on any atom is 0.246 e. The highest BCUT2D eigenvalue weighted by molar-refractivity contribution is 7.89. The normalized spacial score (nSPS) is 13.8. The molecule has 0 aromatic heterocycles. The summed E-state index contributed by atoms with van der Waals surface area (Å²) in [6.07, 6.45) is 0. The fourth-order valence-corrected chi connectivity index (χ4v) is 2.85. The van der Waals surface area contributed by atoms with Crippen LogP contribution in [0.1, 0.15) is 6.92 Å². The maximum atomic E-state index is 13.6. The number of methoxy groups -OCH3 is 1. The zero-order chi connectivity index (χ0) is 13.9. The predicted octanol–water partition coefficient (Wildman–Crippen LogP) is 1.06. The van der Waals surface area contributed by atoms with Crippen LogP contribution in [-0.2, 0) is 14.8 Å². The van der Waals surface area contributed by atoms with Crippen molar-refractivity contribution in [2.75, 3.05) is 26.5 Å². The molecule has 7 heteroatoms. The lowest BCUT2D eigenvalue weighted by molar-refractivity contribution is 0.149. The molecule has 0 fully saturated rings. The lowest BCUT2D eigenvalue weighted by atomic mass is 10.3. The average molecular weight is 276 g/mol. The van der Waals surface area contributed by atoms with Crippen LogP contribution in [-0.4, -0.2) is 39.5 Å². The van der Waals surface area contributed by atoms with Crippen LogP contribution >= 0.6 is 0 Å². The van der Waals surface area contributed by atoms with Crippen LogP contribution < -0.4 is 5.73 Å². The molecule has 5 nitrogen and oxygen atoms in total. The fraction of sp³-hybridized carbons (Fsp3) is 0.455. The van der Waals surface area contributed by atoms with Gasteiger partial charge in [-0.1, -0.05) is 0 Å². The van der Waals surface area contributed by atoms with Crippen LogP contribution in [0.4, 0.5) is 10.1 Å². The summed E-state index contributed by atoms with van der Waals surface area (Å²) in [6, 6.07) is 3.11. The number of nitrogen functional groups attached to an aromatic ring is 1. The van der Waals surface area contributed by atoms with E-state index in [4.69, 9.17) is 10.5 Å². The first kappa shape index (κ1) is 14.9. The third kappa shape index (κ3) is 2.98. The number of likely N-dealkylation sites (N-methyl/N-ethyl adjacent to an activating group) is 1. The molecule has 0 aliphatic heterocycles. The number of hydrogen-bond acceptors (Lipinski definition) is 4. The Labute approximate surface area is 106 Å². The van der Waals surface area contributed by atoms with E-state index in [1.165, 1.54) is 20.2 Å². The number of anilines is 1. The van der Waals surface area contributed by atoms with E-state index >= 15 is 0 Å². The molecule has 1 atom stereocenters. The molecule has 0 amide bonds. The summed E-state index contributed by atoms with van der Waals surface area (Å²) in [5.41, 5.74) is 5.57. The topological polar surface area (TPSA) is 72.6 Å². The van der Waals surface area contributed by atoms with Crippen LogP contribution in [0.2, 0.25) is 0 Å². The van der Waals surface area contributed by atoms with Gasteiger partial charge in [0.05, 0.1) is 6.61 Å². The molecule has 18 heavy (non-hydrogen) atoms. The van der Waals surface area contributed by atoms with Gasteiger partial charge < -0.3 is 10.5 Å². The van der Waals surface area contributed by atoms with Gasteiger partial charge in [-0.3, -0.25) is 0 Å². The van der Waals surface area contributed by atoms with Crippen LogP contribution in [0, 0.1) is 5.82 Å². The van der Waals surface area contributed by atoms with E-state index in [0.29, 0.717) is 0 Å². The summed E-state index contributed by atoms with van der Waals surface area (Å²) < 4.78 is 43.9. The third-order valence-electron chi connectivity index (χ3n) is 2.64. The van der Waals surface area contributed by atoms with Crippen molar-refractivity contribution in [3.05, 3.63) is 24.0 Å². The molecule has 1 aromatic rings. The van der Waals surface area contributed by atoms with Gasteiger partial charge in [-0.25, -0.2) is 12.8 Å². The number of halogens is 1. The van der Waals surface area contributed by atoms with E-state index < -0.39 is 21.9 Å². The van der Waals surface area contributed by atoms with E-state index in [1.807, 2.05) is 0 Å². The Hall–Kier alpha value is -1.18. The van der Waals surface area contributed by atoms with E-state index in [9.17, 15) is 12.8 Å². The highest BCUT2D eigenvalue weighted by Gasteiger charge is 2.28. The van der Waals surface area contributed by atoms with E-state index in [2.05, 4.69) is 0 Å². The smallest absolute Gasteiger partial charge is 0.246 e. The molecule has 0 aliphatic carbocycles. The first-order valence-corrected chi connectivity index (χ1v) is 6.76. The molecule has 0 spiro atoms. The molecule has 102 valence electrons. The van der Waals surface area contributed by atoms with Gasteiger partial charge in [0.2, 0.25) is 10.0 Å². The van der Waals surface area contributed by atoms with Gasteiger partial charge in [0, 0.05) is 25.9 Å². The number of nitrogens with zero attached hydrogens (tertiary/aromatic N) is 1. The minimum Gasteiger partial charge on any atom is -0.399 e. The van der Waals surface area contributed by atoms with Crippen molar-refractivity contribution in [1.82, 2.24) is 4.31 Å². The quantitative estimate of drug-likeness (QED) is 0.816. The zero-order valence-corrected chi connectivity index (χ0v) is 11.4. The summed E-state index contributed by atoms with van der Waals surface area (Å²) in [7, 11) is -1.03. The zero-order valence-electron chi connectivity index (χ0n) is 10.6. The summed E-state index contributed by atoms with van der Waals surface area (Å²) in [5, 5.41) is 0. The van der Waals surface area contributed by atoms with Crippen molar-refractivity contribution in [2.45, 2.75) is 17.9 Å². The van der Waals surface area contributed by atoms with Gasteiger partial charge in [-0.15, -0.1) is 0 Å². The number of hydrogen-bond donors (Lipinski definition) is 1. The highest BCUT2D eigenvalue weighted by atomic mass is 32.2. The Morgan fingerprint density at radius 1 is 1.50 bits per heavy atom. The number of ether oxygens (including phenoxy) is 1. The Morgan fingerprint density at radius 2 is 2.11 bits per heavy atom. The molecule has 2 N–H and O–H groups in total. The molecule has 0 saturated carbocycles. The van der Waals surface area contributed by atoms with Crippen molar-refractivity contribution < 1.29 is 17.5 Å². The van der Waals surface area contributed by atoms with Gasteiger partial charge in [0.15, 0.2) is 0 Å². The summed E-state index contributed by atoms with van der Waals surface area (Å²) in [4.78, 5) is -0.387. The largest absolute Gasteiger partial charge is 0.399 e. The van der Waals surface area contributed by atoms with Crippen molar-refractivity contribution >= 4 is 15.7 Å². The van der Waals surface area contributed by atoms with Gasteiger partial charge in [-0.2, -0.15) is 4.31 Å². The molecule has 1 unspecified atom stereocenters. The van der Waals surface area contributed by atoms with Crippen molar-refractivity contribution in [3.8, 4) is 0 Å². The molecule has 1 rings (SSSR count). The second kappa shape index (κ2) is 5.64. The summed E-state index contributed by atoms with van der Waals surface area (Å²) in [6.45, 7) is 1.91. The average Bonchev–Trinajstić information content (AvgIpc) is 2.27. The van der Waals surface area contributed by atoms with Crippen LogP contribution in [0.15, 0.2) is 23.1 Å². The monoisotopic (exact) mass is 276 g/mol. The molecule has 0 radical (unpaired) electrons. The van der Waals surface area contributed by atoms with Gasteiger partial charge in [0.25, 0.3) is 0 Å². The minimum atomic E-state index is -3.89. The maximum absolute atomic E-state index is 13.6. The van der Waals surface area contributed by atoms with Crippen LogP contribution in [0.5, 0.6) is 0 Å². The summed E-state index contributed by atoms with van der Waals surface area (Å²) >= 11 is 0. The molecular formula is C11H17FN2O3S. The number of sulfonamides is 1. The second-order valence-corrected chi connectivity index (χ2v) is 5.98. The first-order valence-electron chi connectivity index (χ1n) is 5.32. The molecular weight excluding hydrogens is 259 g/mol. The molecule has 0 heterocycles. The molecule has 0 aliphatic rings. The van der Waals surface area contributed by atoms with Gasteiger partial charge in [0.1, 0.15) is 10.7 Å². The SMILES string of the molecule is COCC(C)N(C)S(=O)(=O)c1ccc(N)cc1F. The predicted molar refractivity (Wildman–Crippen MR) is 67.1 cm³/mol. The van der Waals surface area contributed by atoms with E-state index in [0.717, 1.165) is 16.4 Å². The number of rotatable bonds is 5. The van der Waals surface area contributed by atoms with Crippen LogP contribution in [0.3, 0.4) is 0 Å². The van der Waals surface area contributed by atoms with E-state index in [1.54, 1.807) is 6.92 Å². The van der Waals surface area contributed by atoms with Crippen molar-refractivity contribution in [2.24, 2.45) is 0 Å². The minimum absolute atomic E-state index is 0.180. The Bertz CT molecular complexity index is 519. The number of benzene rings is 1. The van der Waals surface area contributed by atoms with Gasteiger partial charge in [-0.05, 0) is 25.1 Å². The Balaban J connectivity index is 3.13. The van der Waals surface area contributed by atoms with Crippen LogP contribution in [0.25, 0.3) is 0 Å². The second-order valence-electron chi connectivity index (χ2n) is 4.02.